The van der Waals surface area contributed by atoms with Crippen molar-refractivity contribution < 1.29 is 19.1 Å². The average Bonchev–Trinajstić information content (AvgIpc) is 3.08. The molecular formula is C22H29N3O4Si. The molecule has 0 unspecified atom stereocenters. The first-order valence-electron chi connectivity index (χ1n) is 10.3. The van der Waals surface area contributed by atoms with E-state index >= 15 is 0 Å². The highest BCUT2D eigenvalue weighted by Crippen LogP contribution is 2.24. The Bertz CT molecular complexity index is 965. The molecule has 1 aromatic carbocycles. The van der Waals surface area contributed by atoms with E-state index in [1.165, 1.54) is 0 Å². The number of carbonyl (C=O) groups excluding carboxylic acids is 2. The summed E-state index contributed by atoms with van der Waals surface area (Å²) < 4.78 is 13.0. The van der Waals surface area contributed by atoms with Gasteiger partial charge < -0.3 is 18.9 Å². The summed E-state index contributed by atoms with van der Waals surface area (Å²) in [6.07, 6.45) is -0.190. The van der Waals surface area contributed by atoms with Crippen LogP contribution >= 0.6 is 0 Å². The van der Waals surface area contributed by atoms with Gasteiger partial charge in [0.05, 0.1) is 30.5 Å². The van der Waals surface area contributed by atoms with Gasteiger partial charge in [0.25, 0.3) is 5.91 Å². The van der Waals surface area contributed by atoms with E-state index < -0.39 is 8.07 Å². The van der Waals surface area contributed by atoms with E-state index in [-0.39, 0.29) is 24.8 Å². The minimum atomic E-state index is -1.21. The number of amides is 1. The van der Waals surface area contributed by atoms with Crippen LogP contribution in [0.4, 0.5) is 0 Å². The van der Waals surface area contributed by atoms with Crippen molar-refractivity contribution in [2.24, 2.45) is 0 Å². The van der Waals surface area contributed by atoms with Crippen molar-refractivity contribution in [3.8, 4) is 6.07 Å². The summed E-state index contributed by atoms with van der Waals surface area (Å²) in [5, 5.41) is 9.76. The van der Waals surface area contributed by atoms with Gasteiger partial charge in [-0.15, -0.1) is 0 Å². The Hall–Kier alpha value is -2.47. The normalized spacial score (nSPS) is 14.7. The van der Waals surface area contributed by atoms with Crippen molar-refractivity contribution in [2.45, 2.75) is 38.8 Å². The molecule has 1 aliphatic heterocycles. The van der Waals surface area contributed by atoms with Crippen molar-refractivity contribution >= 4 is 30.7 Å². The average molecular weight is 428 g/mol. The molecule has 3 rings (SSSR count). The van der Waals surface area contributed by atoms with E-state index in [4.69, 9.17) is 14.7 Å². The van der Waals surface area contributed by atoms with E-state index in [1.54, 1.807) is 17.0 Å². The van der Waals surface area contributed by atoms with Crippen LogP contribution in [-0.2, 0) is 16.2 Å². The molecule has 1 aromatic heterocycles. The Labute approximate surface area is 178 Å². The number of hydrogen-bond acceptors (Lipinski definition) is 5. The molecule has 2 aromatic rings. The van der Waals surface area contributed by atoms with Crippen LogP contribution < -0.4 is 0 Å². The summed E-state index contributed by atoms with van der Waals surface area (Å²) in [5.41, 5.74) is 1.85. The molecule has 0 saturated carbocycles. The lowest BCUT2D eigenvalue weighted by Crippen LogP contribution is -2.40. The van der Waals surface area contributed by atoms with Crippen LogP contribution in [0, 0.1) is 11.3 Å². The number of morpholine rings is 1. The summed E-state index contributed by atoms with van der Waals surface area (Å²) >= 11 is 0. The zero-order chi connectivity index (χ0) is 21.7. The first-order chi connectivity index (χ1) is 14.3. The third kappa shape index (κ3) is 5.36. The first kappa shape index (κ1) is 22.2. The number of rotatable bonds is 8. The second-order valence-electron chi connectivity index (χ2n) is 8.74. The van der Waals surface area contributed by atoms with E-state index in [9.17, 15) is 9.59 Å². The monoisotopic (exact) mass is 427 g/mol. The van der Waals surface area contributed by atoms with E-state index in [0.717, 1.165) is 16.9 Å². The van der Waals surface area contributed by atoms with Crippen molar-refractivity contribution in [3.63, 3.8) is 0 Å². The number of benzene rings is 1. The SMILES string of the molecule is C[Si](C)(C)CCOCn1c(C(=O)CC#N)cc2cc(C(=O)N3CCOCC3)ccc21. The number of hydrogen-bond donors (Lipinski definition) is 0. The van der Waals surface area contributed by atoms with Crippen LogP contribution in [0.1, 0.15) is 27.3 Å². The van der Waals surface area contributed by atoms with Crippen molar-refractivity contribution in [1.29, 1.82) is 5.26 Å². The lowest BCUT2D eigenvalue weighted by molar-refractivity contribution is 0.0303. The number of fused-ring (bicyclic) bond motifs is 1. The molecule has 1 aliphatic rings. The number of ether oxygens (including phenoxy) is 2. The highest BCUT2D eigenvalue weighted by atomic mass is 28.3. The maximum absolute atomic E-state index is 12.8. The molecule has 7 nitrogen and oxygen atoms in total. The molecule has 0 atom stereocenters. The van der Waals surface area contributed by atoms with Crippen LogP contribution in [0.15, 0.2) is 24.3 Å². The fraction of sp³-hybridized carbons (Fsp3) is 0.500. The molecule has 160 valence electrons. The quantitative estimate of drug-likeness (QED) is 0.366. The Kier molecular flexibility index (Phi) is 7.08. The van der Waals surface area contributed by atoms with Crippen molar-refractivity contribution in [2.75, 3.05) is 32.9 Å². The number of Topliss-reactive ketones (excluding diaryl/α,β-unsaturated/α-hetero) is 1. The minimum Gasteiger partial charge on any atom is -0.378 e. The van der Waals surface area contributed by atoms with Gasteiger partial charge in [-0.05, 0) is 30.3 Å². The number of nitrogens with zero attached hydrogens (tertiary/aromatic N) is 3. The van der Waals surface area contributed by atoms with Gasteiger partial charge in [-0.3, -0.25) is 9.59 Å². The highest BCUT2D eigenvalue weighted by Gasteiger charge is 2.21. The molecule has 1 amide bonds. The van der Waals surface area contributed by atoms with Crippen LogP contribution in [0.3, 0.4) is 0 Å². The lowest BCUT2D eigenvalue weighted by Gasteiger charge is -2.26. The molecule has 0 radical (unpaired) electrons. The van der Waals surface area contributed by atoms with Crippen LogP contribution in [0.25, 0.3) is 10.9 Å². The molecule has 1 fully saturated rings. The van der Waals surface area contributed by atoms with Crippen LogP contribution in [-0.4, -0.2) is 62.1 Å². The number of aromatic nitrogens is 1. The Morgan fingerprint density at radius 2 is 1.93 bits per heavy atom. The van der Waals surface area contributed by atoms with Gasteiger partial charge in [-0.2, -0.15) is 5.26 Å². The second-order valence-corrected chi connectivity index (χ2v) is 14.4. The summed E-state index contributed by atoms with van der Waals surface area (Å²) in [4.78, 5) is 27.1. The van der Waals surface area contributed by atoms with Crippen molar-refractivity contribution in [1.82, 2.24) is 9.47 Å². The standard InChI is InChI=1S/C22H29N3O4Si/c1-30(2,3)13-12-29-16-25-19-5-4-17(22(27)24-8-10-28-11-9-24)14-18(19)15-20(25)21(26)6-7-23/h4-5,14-15H,6,8-13,16H2,1-3H3. The van der Waals surface area contributed by atoms with E-state index in [0.29, 0.717) is 44.2 Å². The predicted molar refractivity (Wildman–Crippen MR) is 117 cm³/mol. The predicted octanol–water partition coefficient (Wildman–Crippen LogP) is 3.52. The maximum atomic E-state index is 12.8. The van der Waals surface area contributed by atoms with Crippen LogP contribution in [0.2, 0.25) is 25.7 Å². The van der Waals surface area contributed by atoms with Crippen molar-refractivity contribution in [3.05, 3.63) is 35.5 Å². The van der Waals surface area contributed by atoms with Gasteiger partial charge in [0.1, 0.15) is 13.2 Å². The zero-order valence-corrected chi connectivity index (χ0v) is 18.9. The molecule has 30 heavy (non-hydrogen) atoms. The van der Waals surface area contributed by atoms with Gasteiger partial charge >= 0.3 is 0 Å². The molecule has 0 spiro atoms. The lowest BCUT2D eigenvalue weighted by atomic mass is 10.1. The summed E-state index contributed by atoms with van der Waals surface area (Å²) in [7, 11) is -1.21. The fourth-order valence-corrected chi connectivity index (χ4v) is 4.18. The Morgan fingerprint density at radius 1 is 1.20 bits per heavy atom. The molecule has 0 bridgehead atoms. The molecular weight excluding hydrogens is 398 g/mol. The highest BCUT2D eigenvalue weighted by molar-refractivity contribution is 6.76. The van der Waals surface area contributed by atoms with E-state index in [1.807, 2.05) is 22.8 Å². The number of carbonyl (C=O) groups is 2. The second kappa shape index (κ2) is 9.56. The first-order valence-corrected chi connectivity index (χ1v) is 14.0. The number of nitriles is 1. The minimum absolute atomic E-state index is 0.0377. The van der Waals surface area contributed by atoms with Crippen LogP contribution in [0.5, 0.6) is 0 Å². The summed E-state index contributed by atoms with van der Waals surface area (Å²) in [6, 6.07) is 10.2. The molecule has 2 heterocycles. The summed E-state index contributed by atoms with van der Waals surface area (Å²) in [5.74, 6) is -0.284. The summed E-state index contributed by atoms with van der Waals surface area (Å²) in [6.45, 7) is 10.00. The number of ketones is 1. The van der Waals surface area contributed by atoms with Gasteiger partial charge in [-0.25, -0.2) is 0 Å². The molecule has 0 N–H and O–H groups in total. The Balaban J connectivity index is 1.86. The third-order valence-corrected chi connectivity index (χ3v) is 6.89. The zero-order valence-electron chi connectivity index (χ0n) is 17.9. The van der Waals surface area contributed by atoms with Gasteiger partial charge in [-0.1, -0.05) is 19.6 Å². The smallest absolute Gasteiger partial charge is 0.254 e. The largest absolute Gasteiger partial charge is 0.378 e. The Morgan fingerprint density at radius 3 is 2.60 bits per heavy atom. The van der Waals surface area contributed by atoms with E-state index in [2.05, 4.69) is 19.6 Å². The third-order valence-electron chi connectivity index (χ3n) is 5.19. The van der Waals surface area contributed by atoms with Gasteiger partial charge in [0.2, 0.25) is 0 Å². The van der Waals surface area contributed by atoms with Gasteiger partial charge in [0, 0.05) is 38.7 Å². The topological polar surface area (TPSA) is 84.6 Å². The fourth-order valence-electron chi connectivity index (χ4n) is 3.42. The van der Waals surface area contributed by atoms with Gasteiger partial charge in [0.15, 0.2) is 5.78 Å². The maximum Gasteiger partial charge on any atom is 0.254 e. The molecule has 0 aliphatic carbocycles. The molecule has 8 heteroatoms. The molecule has 1 saturated heterocycles.